The molecule has 0 spiro atoms. The first-order valence-corrected chi connectivity index (χ1v) is 7.70. The summed E-state index contributed by atoms with van der Waals surface area (Å²) in [5, 5.41) is 1.20. The van der Waals surface area contributed by atoms with E-state index in [9.17, 15) is 4.79 Å². The van der Waals surface area contributed by atoms with E-state index in [4.69, 9.17) is 0 Å². The van der Waals surface area contributed by atoms with E-state index in [2.05, 4.69) is 28.1 Å². The van der Waals surface area contributed by atoms with Crippen molar-refractivity contribution in [2.75, 3.05) is 31.1 Å². The number of aromatic nitrogens is 1. The topological polar surface area (TPSA) is 36.4 Å². The number of rotatable bonds is 2. The lowest BCUT2D eigenvalue weighted by Crippen LogP contribution is -2.49. The number of amides is 1. The number of hydrogen-bond acceptors (Lipinski definition) is 3. The molecule has 21 heavy (non-hydrogen) atoms. The molecular formula is C17H19N3O. The van der Waals surface area contributed by atoms with Crippen molar-refractivity contribution in [3.8, 4) is 0 Å². The zero-order valence-electron chi connectivity index (χ0n) is 12.0. The van der Waals surface area contributed by atoms with Crippen LogP contribution in [0.4, 0.5) is 5.69 Å². The molecule has 4 nitrogen and oxygen atoms in total. The number of piperazine rings is 1. The number of anilines is 1. The molecule has 0 radical (unpaired) electrons. The lowest BCUT2D eigenvalue weighted by molar-refractivity contribution is -0.132. The number of pyridine rings is 1. The highest BCUT2D eigenvalue weighted by Crippen LogP contribution is 2.32. The van der Waals surface area contributed by atoms with Gasteiger partial charge in [0.05, 0.1) is 5.52 Å². The zero-order chi connectivity index (χ0) is 14.2. The summed E-state index contributed by atoms with van der Waals surface area (Å²) in [5.41, 5.74) is 2.27. The predicted octanol–water partition coefficient (Wildman–Crippen LogP) is 2.29. The molecule has 108 valence electrons. The van der Waals surface area contributed by atoms with E-state index in [1.807, 2.05) is 23.2 Å². The Balaban J connectivity index is 1.53. The van der Waals surface area contributed by atoms with Gasteiger partial charge in [-0.05, 0) is 25.0 Å². The van der Waals surface area contributed by atoms with E-state index in [1.165, 1.54) is 11.1 Å². The Morgan fingerprint density at radius 1 is 1.05 bits per heavy atom. The molecule has 1 saturated carbocycles. The van der Waals surface area contributed by atoms with Crippen LogP contribution in [-0.2, 0) is 4.79 Å². The van der Waals surface area contributed by atoms with Gasteiger partial charge in [-0.15, -0.1) is 0 Å². The molecule has 0 unspecified atom stereocenters. The summed E-state index contributed by atoms with van der Waals surface area (Å²) < 4.78 is 0. The van der Waals surface area contributed by atoms with Crippen LogP contribution in [0.2, 0.25) is 0 Å². The molecule has 2 aliphatic rings. The highest BCUT2D eigenvalue weighted by Gasteiger charge is 2.34. The van der Waals surface area contributed by atoms with Gasteiger partial charge in [0.25, 0.3) is 0 Å². The Hall–Kier alpha value is -2.10. The summed E-state index contributed by atoms with van der Waals surface area (Å²) in [5.74, 6) is 0.701. The third kappa shape index (κ3) is 2.35. The summed E-state index contributed by atoms with van der Waals surface area (Å²) >= 11 is 0. The lowest BCUT2D eigenvalue weighted by Gasteiger charge is -2.36. The lowest BCUT2D eigenvalue weighted by atomic mass is 10.1. The van der Waals surface area contributed by atoms with Gasteiger partial charge in [0.15, 0.2) is 0 Å². The average molecular weight is 281 g/mol. The van der Waals surface area contributed by atoms with Crippen molar-refractivity contribution in [1.29, 1.82) is 0 Å². The minimum absolute atomic E-state index is 0.332. The average Bonchev–Trinajstić information content (AvgIpc) is 3.39. The van der Waals surface area contributed by atoms with E-state index >= 15 is 0 Å². The van der Waals surface area contributed by atoms with Crippen LogP contribution >= 0.6 is 0 Å². The van der Waals surface area contributed by atoms with Crippen LogP contribution in [0.3, 0.4) is 0 Å². The van der Waals surface area contributed by atoms with Crippen molar-refractivity contribution >= 4 is 22.5 Å². The molecule has 1 aliphatic carbocycles. The van der Waals surface area contributed by atoms with Crippen molar-refractivity contribution in [3.05, 3.63) is 36.5 Å². The molecule has 0 N–H and O–H groups in total. The molecule has 1 aliphatic heterocycles. The molecule has 0 atom stereocenters. The summed E-state index contributed by atoms with van der Waals surface area (Å²) in [6, 6.07) is 10.3. The number of nitrogens with zero attached hydrogens (tertiary/aromatic N) is 3. The summed E-state index contributed by atoms with van der Waals surface area (Å²) in [6.45, 7) is 3.50. The van der Waals surface area contributed by atoms with Crippen molar-refractivity contribution < 1.29 is 4.79 Å². The maximum absolute atomic E-state index is 12.1. The van der Waals surface area contributed by atoms with E-state index in [-0.39, 0.29) is 0 Å². The van der Waals surface area contributed by atoms with Gasteiger partial charge in [0, 0.05) is 49.4 Å². The monoisotopic (exact) mass is 281 g/mol. The van der Waals surface area contributed by atoms with Gasteiger partial charge >= 0.3 is 0 Å². The number of hydrogen-bond donors (Lipinski definition) is 0. The minimum Gasteiger partial charge on any atom is -0.367 e. The first kappa shape index (κ1) is 12.6. The molecule has 4 rings (SSSR count). The molecule has 2 aromatic rings. The van der Waals surface area contributed by atoms with E-state index < -0.39 is 0 Å². The molecule has 1 aromatic heterocycles. The molecule has 1 aromatic carbocycles. The van der Waals surface area contributed by atoms with E-state index in [1.54, 1.807) is 0 Å². The Morgan fingerprint density at radius 3 is 2.57 bits per heavy atom. The van der Waals surface area contributed by atoms with Crippen molar-refractivity contribution in [2.24, 2.45) is 5.92 Å². The fourth-order valence-corrected chi connectivity index (χ4v) is 3.11. The molecule has 0 bridgehead atoms. The van der Waals surface area contributed by atoms with Crippen LogP contribution in [-0.4, -0.2) is 42.0 Å². The largest absolute Gasteiger partial charge is 0.367 e. The van der Waals surface area contributed by atoms with Crippen molar-refractivity contribution in [3.63, 3.8) is 0 Å². The predicted molar refractivity (Wildman–Crippen MR) is 83.3 cm³/mol. The third-order valence-electron chi connectivity index (χ3n) is 4.48. The number of para-hydroxylation sites is 1. The first-order valence-electron chi connectivity index (χ1n) is 7.70. The third-order valence-corrected chi connectivity index (χ3v) is 4.48. The van der Waals surface area contributed by atoms with E-state index in [0.29, 0.717) is 11.8 Å². The van der Waals surface area contributed by atoms with Gasteiger partial charge in [-0.1, -0.05) is 18.2 Å². The van der Waals surface area contributed by atoms with Gasteiger partial charge in [0.1, 0.15) is 0 Å². The molecule has 2 heterocycles. The molecular weight excluding hydrogens is 262 g/mol. The first-order chi connectivity index (χ1) is 10.3. The number of benzene rings is 1. The second-order valence-corrected chi connectivity index (χ2v) is 5.93. The highest BCUT2D eigenvalue weighted by molar-refractivity contribution is 5.91. The number of fused-ring (bicyclic) bond motifs is 1. The van der Waals surface area contributed by atoms with Crippen LogP contribution in [0.5, 0.6) is 0 Å². The normalized spacial score (nSPS) is 19.0. The Labute approximate surface area is 124 Å². The van der Waals surface area contributed by atoms with Gasteiger partial charge in [-0.2, -0.15) is 0 Å². The Bertz CT molecular complexity index is 667. The van der Waals surface area contributed by atoms with Crippen LogP contribution < -0.4 is 4.90 Å². The molecule has 4 heteroatoms. The minimum atomic E-state index is 0.332. The summed E-state index contributed by atoms with van der Waals surface area (Å²) in [7, 11) is 0. The highest BCUT2D eigenvalue weighted by atomic mass is 16.2. The Morgan fingerprint density at radius 2 is 1.81 bits per heavy atom. The van der Waals surface area contributed by atoms with E-state index in [0.717, 1.165) is 44.5 Å². The van der Waals surface area contributed by atoms with Gasteiger partial charge in [0.2, 0.25) is 5.91 Å². The van der Waals surface area contributed by atoms with Gasteiger partial charge < -0.3 is 9.80 Å². The maximum Gasteiger partial charge on any atom is 0.225 e. The molecule has 1 saturated heterocycles. The zero-order valence-corrected chi connectivity index (χ0v) is 12.0. The second kappa shape index (κ2) is 5.02. The number of carbonyl (C=O) groups excluding carboxylic acids is 1. The second-order valence-electron chi connectivity index (χ2n) is 5.93. The fraction of sp³-hybridized carbons (Fsp3) is 0.412. The fourth-order valence-electron chi connectivity index (χ4n) is 3.11. The summed E-state index contributed by atoms with van der Waals surface area (Å²) in [4.78, 5) is 20.9. The summed E-state index contributed by atoms with van der Waals surface area (Å²) in [6.07, 6.45) is 4.06. The standard InChI is InChI=1S/C17H19N3O/c21-17(13-5-6-13)20-11-9-19(10-12-20)16-7-8-18-15-4-2-1-3-14(15)16/h1-4,7-8,13H,5-6,9-12H2. The Kier molecular flexibility index (Phi) is 3.02. The number of carbonyl (C=O) groups is 1. The maximum atomic E-state index is 12.1. The van der Waals surface area contributed by atoms with Crippen LogP contribution in [0, 0.1) is 5.92 Å². The molecule has 1 amide bonds. The van der Waals surface area contributed by atoms with Gasteiger partial charge in [-0.25, -0.2) is 0 Å². The van der Waals surface area contributed by atoms with Gasteiger partial charge in [-0.3, -0.25) is 9.78 Å². The SMILES string of the molecule is O=C(C1CC1)N1CCN(c2ccnc3ccccc23)CC1. The smallest absolute Gasteiger partial charge is 0.225 e. The quantitative estimate of drug-likeness (QED) is 0.847. The van der Waals surface area contributed by atoms with Crippen LogP contribution in [0.25, 0.3) is 10.9 Å². The van der Waals surface area contributed by atoms with Crippen LogP contribution in [0.1, 0.15) is 12.8 Å². The van der Waals surface area contributed by atoms with Crippen molar-refractivity contribution in [2.45, 2.75) is 12.8 Å². The molecule has 2 fully saturated rings. The van der Waals surface area contributed by atoms with Crippen LogP contribution in [0.15, 0.2) is 36.5 Å². The van der Waals surface area contributed by atoms with Crippen molar-refractivity contribution in [1.82, 2.24) is 9.88 Å².